The third kappa shape index (κ3) is 2.11. The summed E-state index contributed by atoms with van der Waals surface area (Å²) in [6.07, 6.45) is 2.14. The van der Waals surface area contributed by atoms with Crippen molar-refractivity contribution < 1.29 is 0 Å². The summed E-state index contributed by atoms with van der Waals surface area (Å²) < 4.78 is 0. The van der Waals surface area contributed by atoms with Crippen LogP contribution in [0.15, 0.2) is 42.5 Å². The molecule has 20 heavy (non-hydrogen) atoms. The Bertz CT molecular complexity index is 747. The molecule has 1 N–H and O–H groups in total. The van der Waals surface area contributed by atoms with E-state index in [0.29, 0.717) is 0 Å². The van der Waals surface area contributed by atoms with Crippen LogP contribution >= 0.6 is 0 Å². The van der Waals surface area contributed by atoms with Crippen molar-refractivity contribution in [3.63, 3.8) is 0 Å². The van der Waals surface area contributed by atoms with Crippen molar-refractivity contribution >= 4 is 27.5 Å². The Balaban J connectivity index is 2.35. The van der Waals surface area contributed by atoms with E-state index in [9.17, 15) is 0 Å². The van der Waals surface area contributed by atoms with Crippen LogP contribution in [-0.2, 0) is 6.42 Å². The van der Waals surface area contributed by atoms with Crippen LogP contribution in [0.3, 0.4) is 0 Å². The summed E-state index contributed by atoms with van der Waals surface area (Å²) in [7, 11) is 0. The highest BCUT2D eigenvalue weighted by Gasteiger charge is 2.10. The number of nitrogens with one attached hydrogen (secondary N) is 1. The Kier molecular flexibility index (Phi) is 3.55. The Morgan fingerprint density at radius 2 is 1.75 bits per heavy atom. The highest BCUT2D eigenvalue weighted by molar-refractivity contribution is 6.03. The number of rotatable bonds is 4. The van der Waals surface area contributed by atoms with Gasteiger partial charge in [-0.1, -0.05) is 38.1 Å². The van der Waals surface area contributed by atoms with Crippen molar-refractivity contribution in [2.45, 2.75) is 26.7 Å². The lowest BCUT2D eigenvalue weighted by molar-refractivity contribution is 0.981. The molecule has 3 rings (SSSR count). The molecule has 0 saturated heterocycles. The molecule has 0 aliphatic heterocycles. The average Bonchev–Trinajstić information content (AvgIpc) is 2.50. The highest BCUT2D eigenvalue weighted by Crippen LogP contribution is 2.31. The average molecular weight is 264 g/mol. The van der Waals surface area contributed by atoms with Crippen LogP contribution in [-0.4, -0.2) is 11.5 Å². The zero-order valence-electron chi connectivity index (χ0n) is 12.1. The van der Waals surface area contributed by atoms with E-state index in [1.54, 1.807) is 0 Å². The third-order valence-corrected chi connectivity index (χ3v) is 3.73. The summed E-state index contributed by atoms with van der Waals surface area (Å²) in [5.74, 6) is 0. The summed E-state index contributed by atoms with van der Waals surface area (Å²) in [5, 5.41) is 6.09. The number of hydrogen-bond donors (Lipinski definition) is 1. The number of anilines is 1. The first kappa shape index (κ1) is 12.9. The molecule has 0 aliphatic carbocycles. The maximum atomic E-state index is 4.82. The van der Waals surface area contributed by atoms with Gasteiger partial charge in [-0.2, -0.15) is 0 Å². The predicted molar refractivity (Wildman–Crippen MR) is 87.4 cm³/mol. The van der Waals surface area contributed by atoms with Gasteiger partial charge in [0.15, 0.2) is 0 Å². The minimum Gasteiger partial charge on any atom is -0.385 e. The van der Waals surface area contributed by atoms with Gasteiger partial charge in [0.25, 0.3) is 0 Å². The fourth-order valence-corrected chi connectivity index (χ4v) is 2.82. The molecule has 0 amide bonds. The van der Waals surface area contributed by atoms with Crippen molar-refractivity contribution in [3.05, 3.63) is 48.0 Å². The van der Waals surface area contributed by atoms with E-state index < -0.39 is 0 Å². The molecule has 0 spiro atoms. The van der Waals surface area contributed by atoms with E-state index in [2.05, 4.69) is 61.6 Å². The Labute approximate surface area is 119 Å². The molecule has 2 nitrogen and oxygen atoms in total. The second-order valence-corrected chi connectivity index (χ2v) is 5.09. The molecule has 0 bridgehead atoms. The van der Waals surface area contributed by atoms with Gasteiger partial charge < -0.3 is 5.32 Å². The van der Waals surface area contributed by atoms with Gasteiger partial charge in [0.1, 0.15) is 0 Å². The van der Waals surface area contributed by atoms with Crippen molar-refractivity contribution in [1.29, 1.82) is 0 Å². The molecular formula is C18H20N2. The van der Waals surface area contributed by atoms with E-state index in [1.165, 1.54) is 22.0 Å². The second kappa shape index (κ2) is 5.49. The fourth-order valence-electron chi connectivity index (χ4n) is 2.82. The van der Waals surface area contributed by atoms with Crippen LogP contribution in [0.4, 0.5) is 5.69 Å². The van der Waals surface area contributed by atoms with Crippen molar-refractivity contribution in [1.82, 2.24) is 4.98 Å². The zero-order valence-corrected chi connectivity index (χ0v) is 12.1. The van der Waals surface area contributed by atoms with Gasteiger partial charge in [-0.05, 0) is 36.6 Å². The third-order valence-electron chi connectivity index (χ3n) is 3.73. The lowest BCUT2D eigenvalue weighted by atomic mass is 9.99. The maximum Gasteiger partial charge on any atom is 0.0733 e. The normalized spacial score (nSPS) is 11.1. The number of aryl methyl sites for hydroxylation is 1. The summed E-state index contributed by atoms with van der Waals surface area (Å²) >= 11 is 0. The Morgan fingerprint density at radius 3 is 2.55 bits per heavy atom. The Morgan fingerprint density at radius 1 is 0.950 bits per heavy atom. The number of fused-ring (bicyclic) bond motifs is 2. The molecule has 1 heterocycles. The number of benzene rings is 2. The quantitative estimate of drug-likeness (QED) is 0.686. The van der Waals surface area contributed by atoms with Crippen molar-refractivity contribution in [3.8, 4) is 0 Å². The molecule has 1 aromatic heterocycles. The van der Waals surface area contributed by atoms with Gasteiger partial charge in [-0.25, -0.2) is 4.98 Å². The van der Waals surface area contributed by atoms with Crippen LogP contribution in [0, 0.1) is 0 Å². The molecule has 3 aromatic rings. The molecule has 0 saturated carbocycles. The SMILES string of the molecule is CCCNc1cccc2nc3ccccc3c(CC)c12. The number of aromatic nitrogens is 1. The number of hydrogen-bond acceptors (Lipinski definition) is 2. The smallest absolute Gasteiger partial charge is 0.0733 e. The van der Waals surface area contributed by atoms with Crippen LogP contribution in [0.2, 0.25) is 0 Å². The van der Waals surface area contributed by atoms with E-state index in [4.69, 9.17) is 4.98 Å². The fraction of sp³-hybridized carbons (Fsp3) is 0.278. The number of pyridine rings is 1. The first-order valence-electron chi connectivity index (χ1n) is 7.39. The summed E-state index contributed by atoms with van der Waals surface area (Å²) in [4.78, 5) is 4.82. The molecule has 0 unspecified atom stereocenters. The van der Waals surface area contributed by atoms with Gasteiger partial charge >= 0.3 is 0 Å². The standard InChI is InChI=1S/C18H20N2/c1-3-12-19-16-10-7-11-17-18(16)13(4-2)14-8-5-6-9-15(14)20-17/h5-11,19H,3-4,12H2,1-2H3. The van der Waals surface area contributed by atoms with E-state index in [0.717, 1.165) is 30.4 Å². The molecule has 0 fully saturated rings. The number of para-hydroxylation sites is 1. The van der Waals surface area contributed by atoms with Gasteiger partial charge in [0.05, 0.1) is 11.0 Å². The maximum absolute atomic E-state index is 4.82. The predicted octanol–water partition coefficient (Wildman–Crippen LogP) is 4.77. The van der Waals surface area contributed by atoms with E-state index in [-0.39, 0.29) is 0 Å². The van der Waals surface area contributed by atoms with E-state index in [1.807, 2.05) is 0 Å². The Hall–Kier alpha value is -2.09. The molecule has 0 atom stereocenters. The van der Waals surface area contributed by atoms with E-state index >= 15 is 0 Å². The van der Waals surface area contributed by atoms with Crippen LogP contribution in [0.5, 0.6) is 0 Å². The van der Waals surface area contributed by atoms with Gasteiger partial charge in [0.2, 0.25) is 0 Å². The van der Waals surface area contributed by atoms with Crippen LogP contribution in [0.1, 0.15) is 25.8 Å². The summed E-state index contributed by atoms with van der Waals surface area (Å²) in [6.45, 7) is 5.40. The molecular weight excluding hydrogens is 244 g/mol. The summed E-state index contributed by atoms with van der Waals surface area (Å²) in [5.41, 5.74) is 4.77. The van der Waals surface area contributed by atoms with Gasteiger partial charge in [-0.15, -0.1) is 0 Å². The minimum atomic E-state index is 0.995. The topological polar surface area (TPSA) is 24.9 Å². The minimum absolute atomic E-state index is 0.995. The van der Waals surface area contributed by atoms with Gasteiger partial charge in [0, 0.05) is 23.0 Å². The number of nitrogens with zero attached hydrogens (tertiary/aromatic N) is 1. The highest BCUT2D eigenvalue weighted by atomic mass is 14.9. The van der Waals surface area contributed by atoms with Crippen molar-refractivity contribution in [2.24, 2.45) is 0 Å². The first-order chi connectivity index (χ1) is 9.85. The molecule has 0 aliphatic rings. The molecule has 102 valence electrons. The van der Waals surface area contributed by atoms with Crippen molar-refractivity contribution in [2.75, 3.05) is 11.9 Å². The summed E-state index contributed by atoms with van der Waals surface area (Å²) in [6, 6.07) is 14.8. The van der Waals surface area contributed by atoms with Gasteiger partial charge in [-0.3, -0.25) is 0 Å². The largest absolute Gasteiger partial charge is 0.385 e. The molecule has 0 radical (unpaired) electrons. The monoisotopic (exact) mass is 264 g/mol. The first-order valence-corrected chi connectivity index (χ1v) is 7.39. The lowest BCUT2D eigenvalue weighted by Gasteiger charge is -2.14. The van der Waals surface area contributed by atoms with Crippen LogP contribution in [0.25, 0.3) is 21.8 Å². The molecule has 2 aromatic carbocycles. The second-order valence-electron chi connectivity index (χ2n) is 5.09. The lowest BCUT2D eigenvalue weighted by Crippen LogP contribution is -2.02. The zero-order chi connectivity index (χ0) is 13.9. The molecule has 2 heteroatoms. The van der Waals surface area contributed by atoms with Crippen LogP contribution < -0.4 is 5.32 Å².